The highest BCUT2D eigenvalue weighted by atomic mass is 16.5. The third-order valence-electron chi connectivity index (χ3n) is 4.98. The number of Topliss-reactive ketones (excluding diaryl/α,β-unsaturated/α-hetero) is 1. The van der Waals surface area contributed by atoms with E-state index in [1.54, 1.807) is 42.5 Å². The number of carbonyl (C=O) groups excluding carboxylic acids is 2. The second-order valence-corrected chi connectivity index (χ2v) is 6.55. The summed E-state index contributed by atoms with van der Waals surface area (Å²) < 4.78 is 15.8. The van der Waals surface area contributed by atoms with Crippen molar-refractivity contribution in [3.63, 3.8) is 0 Å². The van der Waals surface area contributed by atoms with Crippen LogP contribution in [0, 0.1) is 0 Å². The molecule has 8 heteroatoms. The summed E-state index contributed by atoms with van der Waals surface area (Å²) in [6.45, 7) is -0.422. The number of benzene rings is 2. The fourth-order valence-electron chi connectivity index (χ4n) is 3.49. The molecule has 1 amide bonds. The number of rotatable bonds is 7. The van der Waals surface area contributed by atoms with Crippen LogP contribution in [0.4, 0.5) is 0 Å². The minimum absolute atomic E-state index is 0.0795. The fraction of sp³-hybridized carbons (Fsp3) is 0.273. The van der Waals surface area contributed by atoms with E-state index in [4.69, 9.17) is 14.2 Å². The van der Waals surface area contributed by atoms with Crippen molar-refractivity contribution >= 4 is 17.4 Å². The van der Waals surface area contributed by atoms with Crippen molar-refractivity contribution in [1.29, 1.82) is 0 Å². The van der Waals surface area contributed by atoms with Gasteiger partial charge in [0.1, 0.15) is 23.0 Å². The Hall–Kier alpha value is -3.52. The number of hydrogen-bond donors (Lipinski definition) is 2. The zero-order valence-corrected chi connectivity index (χ0v) is 16.9. The van der Waals surface area contributed by atoms with Crippen LogP contribution in [0.3, 0.4) is 0 Å². The SMILES string of the molecule is COc1ccc(/C(O)=C2/C(=O)C(=O)N(CCO)C2c2ccc(OC)cc2OC)cc1. The fourth-order valence-corrected chi connectivity index (χ4v) is 3.49. The lowest BCUT2D eigenvalue weighted by Crippen LogP contribution is -2.32. The number of aliphatic hydroxyl groups is 2. The lowest BCUT2D eigenvalue weighted by molar-refractivity contribution is -0.140. The van der Waals surface area contributed by atoms with Crippen molar-refractivity contribution in [2.24, 2.45) is 0 Å². The van der Waals surface area contributed by atoms with Crippen molar-refractivity contribution in [1.82, 2.24) is 4.90 Å². The maximum absolute atomic E-state index is 12.9. The van der Waals surface area contributed by atoms with Crippen molar-refractivity contribution in [2.45, 2.75) is 6.04 Å². The molecule has 1 saturated heterocycles. The number of amides is 1. The van der Waals surface area contributed by atoms with Gasteiger partial charge in [0.15, 0.2) is 0 Å². The van der Waals surface area contributed by atoms with Gasteiger partial charge in [0, 0.05) is 23.7 Å². The minimum atomic E-state index is -0.930. The molecule has 2 aromatic carbocycles. The van der Waals surface area contributed by atoms with E-state index in [0.717, 1.165) is 0 Å². The third kappa shape index (κ3) is 3.69. The molecular weight excluding hydrogens is 390 g/mol. The highest BCUT2D eigenvalue weighted by molar-refractivity contribution is 6.46. The van der Waals surface area contributed by atoms with Crippen LogP contribution in [0.15, 0.2) is 48.0 Å². The van der Waals surface area contributed by atoms with Gasteiger partial charge in [0.2, 0.25) is 0 Å². The van der Waals surface area contributed by atoms with E-state index in [0.29, 0.717) is 28.4 Å². The van der Waals surface area contributed by atoms with E-state index < -0.39 is 17.7 Å². The number of nitrogens with zero attached hydrogens (tertiary/aromatic N) is 1. The van der Waals surface area contributed by atoms with Gasteiger partial charge in [-0.1, -0.05) is 0 Å². The first-order valence-electron chi connectivity index (χ1n) is 9.22. The van der Waals surface area contributed by atoms with Gasteiger partial charge in [-0.2, -0.15) is 0 Å². The van der Waals surface area contributed by atoms with E-state index in [9.17, 15) is 19.8 Å². The second kappa shape index (κ2) is 8.87. The molecule has 30 heavy (non-hydrogen) atoms. The van der Waals surface area contributed by atoms with Gasteiger partial charge < -0.3 is 29.3 Å². The van der Waals surface area contributed by atoms with Crippen LogP contribution >= 0.6 is 0 Å². The van der Waals surface area contributed by atoms with E-state index in [-0.39, 0.29) is 24.5 Å². The average Bonchev–Trinajstić information content (AvgIpc) is 3.03. The summed E-state index contributed by atoms with van der Waals surface area (Å²) in [4.78, 5) is 26.8. The first-order valence-corrected chi connectivity index (χ1v) is 9.22. The number of carbonyl (C=O) groups is 2. The van der Waals surface area contributed by atoms with Gasteiger partial charge in [-0.25, -0.2) is 0 Å². The maximum atomic E-state index is 12.9. The van der Waals surface area contributed by atoms with Gasteiger partial charge in [-0.15, -0.1) is 0 Å². The summed E-state index contributed by atoms with van der Waals surface area (Å²) in [6, 6.07) is 10.5. The second-order valence-electron chi connectivity index (χ2n) is 6.55. The van der Waals surface area contributed by atoms with Crippen LogP contribution < -0.4 is 14.2 Å². The van der Waals surface area contributed by atoms with E-state index in [1.807, 2.05) is 0 Å². The predicted molar refractivity (Wildman–Crippen MR) is 109 cm³/mol. The summed E-state index contributed by atoms with van der Waals surface area (Å²) in [5.74, 6) is -0.462. The molecule has 1 unspecified atom stereocenters. The normalized spacial score (nSPS) is 17.9. The molecule has 1 atom stereocenters. The Morgan fingerprint density at radius 3 is 2.17 bits per heavy atom. The van der Waals surface area contributed by atoms with Crippen LogP contribution in [0.25, 0.3) is 5.76 Å². The standard InChI is InChI=1S/C22H23NO7/c1-28-14-6-4-13(5-7-14)20(25)18-19(23(10-11-24)22(27)21(18)26)16-9-8-15(29-2)12-17(16)30-3/h4-9,12,19,24-25H,10-11H2,1-3H3/b20-18-. The molecule has 1 heterocycles. The Morgan fingerprint density at radius 1 is 0.967 bits per heavy atom. The minimum Gasteiger partial charge on any atom is -0.507 e. The summed E-state index contributed by atoms with van der Waals surface area (Å²) in [7, 11) is 4.49. The monoisotopic (exact) mass is 413 g/mol. The first-order chi connectivity index (χ1) is 14.5. The summed E-state index contributed by atoms with van der Waals surface area (Å²) in [5, 5.41) is 20.4. The van der Waals surface area contributed by atoms with Gasteiger partial charge in [0.05, 0.1) is 39.6 Å². The molecule has 0 aliphatic carbocycles. The Kier molecular flexibility index (Phi) is 6.27. The third-order valence-corrected chi connectivity index (χ3v) is 4.98. The maximum Gasteiger partial charge on any atom is 0.295 e. The van der Waals surface area contributed by atoms with Crippen molar-refractivity contribution in [3.05, 3.63) is 59.2 Å². The smallest absolute Gasteiger partial charge is 0.295 e. The number of likely N-dealkylation sites (tertiary alicyclic amines) is 1. The molecule has 0 radical (unpaired) electrons. The van der Waals surface area contributed by atoms with E-state index >= 15 is 0 Å². The number of aliphatic hydroxyl groups excluding tert-OH is 2. The molecule has 1 fully saturated rings. The molecule has 1 aliphatic heterocycles. The Labute approximate surface area is 173 Å². The van der Waals surface area contributed by atoms with Gasteiger partial charge in [0.25, 0.3) is 11.7 Å². The Balaban J connectivity index is 2.21. The number of methoxy groups -OCH3 is 3. The molecule has 0 spiro atoms. The van der Waals surface area contributed by atoms with E-state index in [1.165, 1.54) is 26.2 Å². The quantitative estimate of drug-likeness (QED) is 0.407. The van der Waals surface area contributed by atoms with Crippen LogP contribution in [-0.2, 0) is 9.59 Å². The highest BCUT2D eigenvalue weighted by Gasteiger charge is 2.46. The molecule has 8 nitrogen and oxygen atoms in total. The molecule has 0 aromatic heterocycles. The number of hydrogen-bond acceptors (Lipinski definition) is 7. The number of ketones is 1. The van der Waals surface area contributed by atoms with Gasteiger partial charge >= 0.3 is 0 Å². The van der Waals surface area contributed by atoms with E-state index in [2.05, 4.69) is 0 Å². The summed E-state index contributed by atoms with van der Waals surface area (Å²) in [6.07, 6.45) is 0. The summed E-state index contributed by atoms with van der Waals surface area (Å²) in [5.41, 5.74) is 0.762. The molecule has 2 N–H and O–H groups in total. The molecule has 0 bridgehead atoms. The Morgan fingerprint density at radius 2 is 1.60 bits per heavy atom. The zero-order valence-electron chi connectivity index (χ0n) is 16.9. The van der Waals surface area contributed by atoms with Crippen molar-refractivity contribution in [2.75, 3.05) is 34.5 Å². The summed E-state index contributed by atoms with van der Waals surface area (Å²) >= 11 is 0. The van der Waals surface area contributed by atoms with Crippen molar-refractivity contribution < 1.29 is 34.0 Å². The molecule has 158 valence electrons. The molecular formula is C22H23NO7. The lowest BCUT2D eigenvalue weighted by Gasteiger charge is -2.26. The predicted octanol–water partition coefficient (Wildman–Crippen LogP) is 2.13. The van der Waals surface area contributed by atoms with Gasteiger partial charge in [-0.05, 0) is 36.4 Å². The number of ether oxygens (including phenoxy) is 3. The zero-order chi connectivity index (χ0) is 21.8. The molecule has 3 rings (SSSR count). The van der Waals surface area contributed by atoms with Crippen molar-refractivity contribution in [3.8, 4) is 17.2 Å². The van der Waals surface area contributed by atoms with Crippen LogP contribution in [-0.4, -0.2) is 61.3 Å². The Bertz CT molecular complexity index is 981. The van der Waals surface area contributed by atoms with Crippen LogP contribution in [0.1, 0.15) is 17.2 Å². The van der Waals surface area contributed by atoms with Crippen LogP contribution in [0.5, 0.6) is 17.2 Å². The van der Waals surface area contributed by atoms with Crippen LogP contribution in [0.2, 0.25) is 0 Å². The molecule has 2 aromatic rings. The molecule has 1 aliphatic rings. The topological polar surface area (TPSA) is 106 Å². The first kappa shape index (κ1) is 21.2. The highest BCUT2D eigenvalue weighted by Crippen LogP contribution is 2.43. The van der Waals surface area contributed by atoms with Gasteiger partial charge in [-0.3, -0.25) is 9.59 Å². The number of β-amino-alcohol motifs (C(OH)–C–C–N with tert-alkyl or cyclic N) is 1. The average molecular weight is 413 g/mol. The molecule has 0 saturated carbocycles. The largest absolute Gasteiger partial charge is 0.507 e. The lowest BCUT2D eigenvalue weighted by atomic mass is 9.94.